The van der Waals surface area contributed by atoms with Crippen molar-refractivity contribution in [2.75, 3.05) is 10.2 Å². The fraction of sp³-hybridized carbons (Fsp3) is 0.190. The molecule has 0 saturated heterocycles. The number of amides is 1. The van der Waals surface area contributed by atoms with Crippen LogP contribution in [0.1, 0.15) is 29.9 Å². The molecule has 0 bridgehead atoms. The lowest BCUT2D eigenvalue weighted by Crippen LogP contribution is -2.31. The lowest BCUT2D eigenvalue weighted by molar-refractivity contribution is 0.0980. The summed E-state index contributed by atoms with van der Waals surface area (Å²) in [7, 11) is 0. The molecule has 132 valence electrons. The molecule has 1 heterocycles. The zero-order chi connectivity index (χ0) is 18.4. The molecule has 3 aromatic rings. The molecule has 1 amide bonds. The topological polar surface area (TPSA) is 58.1 Å². The summed E-state index contributed by atoms with van der Waals surface area (Å²) in [4.78, 5) is 23.5. The van der Waals surface area contributed by atoms with Crippen molar-refractivity contribution in [1.29, 1.82) is 0 Å². The number of hydrogen-bond donors (Lipinski definition) is 1. The Balaban J connectivity index is 1.92. The maximum Gasteiger partial charge on any atom is 0.277 e. The van der Waals surface area contributed by atoms with Crippen molar-refractivity contribution in [3.05, 3.63) is 84.2 Å². The quantitative estimate of drug-likeness (QED) is 0.729. The van der Waals surface area contributed by atoms with E-state index < -0.39 is 0 Å². The average molecular weight is 346 g/mol. The number of aromatic nitrogens is 2. The minimum absolute atomic E-state index is 0.158. The summed E-state index contributed by atoms with van der Waals surface area (Å²) in [6.07, 6.45) is 1.61. The fourth-order valence-corrected chi connectivity index (χ4v) is 2.60. The summed E-state index contributed by atoms with van der Waals surface area (Å²) in [5.41, 5.74) is 2.25. The van der Waals surface area contributed by atoms with E-state index in [0.717, 1.165) is 11.3 Å². The van der Waals surface area contributed by atoms with E-state index in [9.17, 15) is 4.79 Å². The third-order valence-corrected chi connectivity index (χ3v) is 3.79. The highest BCUT2D eigenvalue weighted by Crippen LogP contribution is 2.19. The minimum atomic E-state index is -0.158. The number of nitrogens with one attached hydrogen (secondary N) is 1. The van der Waals surface area contributed by atoms with Gasteiger partial charge in [-0.05, 0) is 37.6 Å². The van der Waals surface area contributed by atoms with Crippen molar-refractivity contribution >= 4 is 17.5 Å². The molecule has 1 aromatic heterocycles. The van der Waals surface area contributed by atoms with Crippen LogP contribution >= 0.6 is 0 Å². The summed E-state index contributed by atoms with van der Waals surface area (Å²) >= 11 is 0. The van der Waals surface area contributed by atoms with Crippen LogP contribution in [0.3, 0.4) is 0 Å². The molecule has 5 heteroatoms. The number of hydrogen-bond acceptors (Lipinski definition) is 4. The lowest BCUT2D eigenvalue weighted by atomic mass is 10.2. The predicted octanol–water partition coefficient (Wildman–Crippen LogP) is 4.14. The third-order valence-electron chi connectivity index (χ3n) is 3.79. The molecule has 3 rings (SSSR count). The van der Waals surface area contributed by atoms with Gasteiger partial charge in [0.1, 0.15) is 5.69 Å². The van der Waals surface area contributed by atoms with Gasteiger partial charge in [0, 0.05) is 17.9 Å². The summed E-state index contributed by atoms with van der Waals surface area (Å²) in [5, 5.41) is 3.14. The second-order valence-corrected chi connectivity index (χ2v) is 6.28. The van der Waals surface area contributed by atoms with Gasteiger partial charge in [0.25, 0.3) is 5.91 Å². The average Bonchev–Trinajstić information content (AvgIpc) is 2.67. The van der Waals surface area contributed by atoms with Gasteiger partial charge in [0.15, 0.2) is 0 Å². The van der Waals surface area contributed by atoms with Gasteiger partial charge in [0.05, 0.1) is 6.54 Å². The van der Waals surface area contributed by atoms with Gasteiger partial charge in [-0.15, -0.1) is 0 Å². The molecule has 26 heavy (non-hydrogen) atoms. The summed E-state index contributed by atoms with van der Waals surface area (Å²) in [6.45, 7) is 4.48. The molecule has 0 saturated carbocycles. The largest absolute Gasteiger partial charge is 0.352 e. The van der Waals surface area contributed by atoms with Crippen LogP contribution in [0.25, 0.3) is 0 Å². The molecular weight excluding hydrogens is 324 g/mol. The molecule has 0 spiro atoms. The number of anilines is 2. The molecule has 0 unspecified atom stereocenters. The first-order chi connectivity index (χ1) is 12.6. The van der Waals surface area contributed by atoms with Crippen LogP contribution in [-0.2, 0) is 6.54 Å². The molecule has 0 aliphatic rings. The summed E-state index contributed by atoms with van der Waals surface area (Å²) in [6, 6.07) is 21.4. The Kier molecular flexibility index (Phi) is 5.59. The highest BCUT2D eigenvalue weighted by atomic mass is 16.2. The summed E-state index contributed by atoms with van der Waals surface area (Å²) in [5.74, 6) is 0.299. The minimum Gasteiger partial charge on any atom is -0.352 e. The number of nitrogens with zero attached hydrogens (tertiary/aromatic N) is 3. The van der Waals surface area contributed by atoms with Crippen molar-refractivity contribution in [1.82, 2.24) is 9.97 Å². The Morgan fingerprint density at radius 2 is 1.65 bits per heavy atom. The molecular formula is C21H22N4O. The molecule has 0 fully saturated rings. The highest BCUT2D eigenvalue weighted by molar-refractivity contribution is 6.04. The molecule has 0 atom stereocenters. The fourth-order valence-electron chi connectivity index (χ4n) is 2.60. The number of carbonyl (C=O) groups excluding carboxylic acids is 1. The third kappa shape index (κ3) is 4.45. The van der Waals surface area contributed by atoms with Crippen molar-refractivity contribution in [3.63, 3.8) is 0 Å². The van der Waals surface area contributed by atoms with Crippen molar-refractivity contribution in [2.24, 2.45) is 0 Å². The maximum atomic E-state index is 13.2. The van der Waals surface area contributed by atoms with Crippen molar-refractivity contribution in [2.45, 2.75) is 26.4 Å². The van der Waals surface area contributed by atoms with E-state index in [-0.39, 0.29) is 11.9 Å². The molecule has 0 radical (unpaired) electrons. The zero-order valence-corrected chi connectivity index (χ0v) is 15.0. The lowest BCUT2D eigenvalue weighted by Gasteiger charge is -2.23. The monoisotopic (exact) mass is 346 g/mol. The van der Waals surface area contributed by atoms with E-state index in [1.165, 1.54) is 0 Å². The summed E-state index contributed by atoms with van der Waals surface area (Å²) < 4.78 is 0. The van der Waals surface area contributed by atoms with E-state index in [0.29, 0.717) is 18.2 Å². The van der Waals surface area contributed by atoms with Gasteiger partial charge in [-0.1, -0.05) is 48.5 Å². The Morgan fingerprint density at radius 1 is 1.00 bits per heavy atom. The van der Waals surface area contributed by atoms with Crippen LogP contribution < -0.4 is 10.2 Å². The highest BCUT2D eigenvalue weighted by Gasteiger charge is 2.20. The Morgan fingerprint density at radius 3 is 2.31 bits per heavy atom. The van der Waals surface area contributed by atoms with Crippen LogP contribution in [0.4, 0.5) is 11.6 Å². The molecule has 2 aromatic carbocycles. The van der Waals surface area contributed by atoms with Crippen LogP contribution in [0.5, 0.6) is 0 Å². The van der Waals surface area contributed by atoms with Crippen LogP contribution in [0.2, 0.25) is 0 Å². The second kappa shape index (κ2) is 8.25. The Bertz CT molecular complexity index is 850. The molecule has 0 aliphatic heterocycles. The Hall–Kier alpha value is -3.21. The predicted molar refractivity (Wildman–Crippen MR) is 104 cm³/mol. The molecule has 1 N–H and O–H groups in total. The van der Waals surface area contributed by atoms with Crippen LogP contribution in [0, 0.1) is 0 Å². The number of carbonyl (C=O) groups is 1. The first kappa shape index (κ1) is 17.6. The smallest absolute Gasteiger partial charge is 0.277 e. The van der Waals surface area contributed by atoms with E-state index in [1.54, 1.807) is 17.2 Å². The first-order valence-corrected chi connectivity index (χ1v) is 8.64. The van der Waals surface area contributed by atoms with Gasteiger partial charge in [-0.2, -0.15) is 0 Å². The van der Waals surface area contributed by atoms with Crippen LogP contribution in [-0.4, -0.2) is 21.9 Å². The first-order valence-electron chi connectivity index (χ1n) is 8.64. The van der Waals surface area contributed by atoms with Crippen LogP contribution in [0.15, 0.2) is 72.9 Å². The molecule has 0 aliphatic carbocycles. The Labute approximate surface area is 153 Å². The number of benzene rings is 2. The number of rotatable bonds is 6. The van der Waals surface area contributed by atoms with Gasteiger partial charge in [0.2, 0.25) is 5.95 Å². The van der Waals surface area contributed by atoms with Crippen molar-refractivity contribution in [3.8, 4) is 0 Å². The SMILES string of the molecule is CC(C)Nc1nccc(C(=O)N(Cc2ccccc2)c2ccccc2)n1. The van der Waals surface area contributed by atoms with Crippen molar-refractivity contribution < 1.29 is 4.79 Å². The van der Waals surface area contributed by atoms with Gasteiger partial charge < -0.3 is 10.2 Å². The second-order valence-electron chi connectivity index (χ2n) is 6.28. The van der Waals surface area contributed by atoms with E-state index in [1.807, 2.05) is 74.5 Å². The van der Waals surface area contributed by atoms with Gasteiger partial charge >= 0.3 is 0 Å². The normalized spacial score (nSPS) is 10.6. The standard InChI is InChI=1S/C21H22N4O/c1-16(2)23-21-22-14-13-19(24-21)20(26)25(18-11-7-4-8-12-18)15-17-9-5-3-6-10-17/h3-14,16H,15H2,1-2H3,(H,22,23,24). The van der Waals surface area contributed by atoms with Gasteiger partial charge in [-0.3, -0.25) is 4.79 Å². The van der Waals surface area contributed by atoms with Gasteiger partial charge in [-0.25, -0.2) is 9.97 Å². The van der Waals surface area contributed by atoms with E-state index >= 15 is 0 Å². The van der Waals surface area contributed by atoms with E-state index in [2.05, 4.69) is 15.3 Å². The van der Waals surface area contributed by atoms with E-state index in [4.69, 9.17) is 0 Å². The zero-order valence-electron chi connectivity index (χ0n) is 15.0. The number of para-hydroxylation sites is 1. The molecule has 5 nitrogen and oxygen atoms in total. The maximum absolute atomic E-state index is 13.2.